The van der Waals surface area contributed by atoms with Crippen molar-refractivity contribution in [3.63, 3.8) is 0 Å². The van der Waals surface area contributed by atoms with Crippen LogP contribution in [0.25, 0.3) is 0 Å². The van der Waals surface area contributed by atoms with Gasteiger partial charge in [-0.25, -0.2) is 0 Å². The topological polar surface area (TPSA) is 52.9 Å². The SMILES string of the molecule is CCCC(C#N)C(=O)Nc1cc(Cl)ccc1Cl. The first-order chi connectivity index (χ1) is 8.08. The highest BCUT2D eigenvalue weighted by molar-refractivity contribution is 6.35. The first-order valence-corrected chi connectivity index (χ1v) is 5.99. The minimum Gasteiger partial charge on any atom is -0.324 e. The van der Waals surface area contributed by atoms with Crippen LogP contribution in [0.15, 0.2) is 18.2 Å². The fraction of sp³-hybridized carbons (Fsp3) is 0.333. The maximum Gasteiger partial charge on any atom is 0.241 e. The zero-order valence-electron chi connectivity index (χ0n) is 9.34. The Hall–Kier alpha value is -1.24. The van der Waals surface area contributed by atoms with Crippen LogP contribution < -0.4 is 5.32 Å². The van der Waals surface area contributed by atoms with Crippen LogP contribution in [0.5, 0.6) is 0 Å². The number of amides is 1. The number of carbonyl (C=O) groups is 1. The molecule has 0 fully saturated rings. The fourth-order valence-electron chi connectivity index (χ4n) is 1.36. The van der Waals surface area contributed by atoms with E-state index in [-0.39, 0.29) is 5.91 Å². The van der Waals surface area contributed by atoms with Gasteiger partial charge in [-0.3, -0.25) is 4.79 Å². The number of halogens is 2. The third-order valence-corrected chi connectivity index (χ3v) is 2.80. The van der Waals surface area contributed by atoms with Gasteiger partial charge in [0, 0.05) is 5.02 Å². The van der Waals surface area contributed by atoms with E-state index in [1.165, 1.54) is 0 Å². The minimum atomic E-state index is -0.657. The van der Waals surface area contributed by atoms with Crippen LogP contribution >= 0.6 is 23.2 Å². The molecule has 1 rings (SSSR count). The lowest BCUT2D eigenvalue weighted by atomic mass is 10.0. The molecule has 0 aliphatic carbocycles. The molecular weight excluding hydrogens is 259 g/mol. The first-order valence-electron chi connectivity index (χ1n) is 5.24. The van der Waals surface area contributed by atoms with Gasteiger partial charge in [0.05, 0.1) is 16.8 Å². The molecule has 0 aliphatic rings. The second kappa shape index (κ2) is 6.48. The Morgan fingerprint density at radius 2 is 2.24 bits per heavy atom. The maximum absolute atomic E-state index is 11.8. The number of nitrogens with zero attached hydrogens (tertiary/aromatic N) is 1. The second-order valence-corrected chi connectivity index (χ2v) is 4.43. The van der Waals surface area contributed by atoms with Gasteiger partial charge in [0.15, 0.2) is 0 Å². The van der Waals surface area contributed by atoms with E-state index in [1.54, 1.807) is 18.2 Å². The summed E-state index contributed by atoms with van der Waals surface area (Å²) in [4.78, 5) is 11.8. The predicted molar refractivity (Wildman–Crippen MR) is 69.1 cm³/mol. The quantitative estimate of drug-likeness (QED) is 0.903. The van der Waals surface area contributed by atoms with Gasteiger partial charge in [0.2, 0.25) is 5.91 Å². The summed E-state index contributed by atoms with van der Waals surface area (Å²) in [6, 6.07) is 6.76. The van der Waals surface area contributed by atoms with Crippen molar-refractivity contribution in [3.8, 4) is 6.07 Å². The normalized spacial score (nSPS) is 11.6. The van der Waals surface area contributed by atoms with Crippen molar-refractivity contribution in [1.29, 1.82) is 5.26 Å². The molecule has 0 aliphatic heterocycles. The first kappa shape index (κ1) is 13.8. The highest BCUT2D eigenvalue weighted by Gasteiger charge is 2.17. The van der Waals surface area contributed by atoms with Crippen LogP contribution in [0.4, 0.5) is 5.69 Å². The van der Waals surface area contributed by atoms with E-state index in [0.717, 1.165) is 6.42 Å². The molecule has 0 bridgehead atoms. The zero-order valence-corrected chi connectivity index (χ0v) is 10.8. The highest BCUT2D eigenvalue weighted by Crippen LogP contribution is 2.26. The molecule has 1 N–H and O–H groups in total. The molecule has 0 heterocycles. The van der Waals surface area contributed by atoms with E-state index < -0.39 is 5.92 Å². The van der Waals surface area contributed by atoms with E-state index in [9.17, 15) is 4.79 Å². The molecule has 90 valence electrons. The molecule has 1 aromatic carbocycles. The lowest BCUT2D eigenvalue weighted by Gasteiger charge is -2.10. The van der Waals surface area contributed by atoms with E-state index >= 15 is 0 Å². The predicted octanol–water partition coefficient (Wildman–Crippen LogP) is 3.87. The van der Waals surface area contributed by atoms with E-state index in [0.29, 0.717) is 22.2 Å². The lowest BCUT2D eigenvalue weighted by molar-refractivity contribution is -0.118. The van der Waals surface area contributed by atoms with Crippen LogP contribution in [-0.4, -0.2) is 5.91 Å². The van der Waals surface area contributed by atoms with Crippen LogP contribution in [0.1, 0.15) is 19.8 Å². The van der Waals surface area contributed by atoms with E-state index in [4.69, 9.17) is 28.5 Å². The molecule has 1 amide bonds. The van der Waals surface area contributed by atoms with Crippen LogP contribution in [0.2, 0.25) is 10.0 Å². The number of hydrogen-bond donors (Lipinski definition) is 1. The van der Waals surface area contributed by atoms with Crippen molar-refractivity contribution in [2.75, 3.05) is 5.32 Å². The van der Waals surface area contributed by atoms with Crippen molar-refractivity contribution in [3.05, 3.63) is 28.2 Å². The Morgan fingerprint density at radius 1 is 1.53 bits per heavy atom. The van der Waals surface area contributed by atoms with Gasteiger partial charge < -0.3 is 5.32 Å². The summed E-state index contributed by atoms with van der Waals surface area (Å²) in [5, 5.41) is 12.3. The summed E-state index contributed by atoms with van der Waals surface area (Å²) in [7, 11) is 0. The van der Waals surface area contributed by atoms with Gasteiger partial charge in [0.25, 0.3) is 0 Å². The Labute approximate surface area is 110 Å². The molecule has 0 radical (unpaired) electrons. The van der Waals surface area contributed by atoms with Crippen molar-refractivity contribution in [1.82, 2.24) is 0 Å². The summed E-state index contributed by atoms with van der Waals surface area (Å²) in [5.74, 6) is -1.01. The Morgan fingerprint density at radius 3 is 2.82 bits per heavy atom. The third kappa shape index (κ3) is 3.92. The molecule has 0 saturated carbocycles. The van der Waals surface area contributed by atoms with Gasteiger partial charge in [0.1, 0.15) is 5.92 Å². The number of nitriles is 1. The Bertz CT molecular complexity index is 454. The van der Waals surface area contributed by atoms with E-state index in [2.05, 4.69) is 5.32 Å². The van der Waals surface area contributed by atoms with E-state index in [1.807, 2.05) is 13.0 Å². The standard InChI is InChI=1S/C12H12Cl2N2O/c1-2-3-8(7-15)12(17)16-11-6-9(13)4-5-10(11)14/h4-6,8H,2-3H2,1H3,(H,16,17). The van der Waals surface area contributed by atoms with Gasteiger partial charge in [-0.05, 0) is 24.6 Å². The van der Waals surface area contributed by atoms with Crippen molar-refractivity contribution in [2.24, 2.45) is 5.92 Å². The molecule has 5 heteroatoms. The number of benzene rings is 1. The van der Waals surface area contributed by atoms with Gasteiger partial charge in [-0.2, -0.15) is 5.26 Å². The molecular formula is C12H12Cl2N2O. The number of hydrogen-bond acceptors (Lipinski definition) is 2. The van der Waals surface area contributed by atoms with Gasteiger partial charge in [-0.15, -0.1) is 0 Å². The summed E-state index contributed by atoms with van der Waals surface area (Å²) in [6.07, 6.45) is 1.30. The summed E-state index contributed by atoms with van der Waals surface area (Å²) in [6.45, 7) is 1.92. The summed E-state index contributed by atoms with van der Waals surface area (Å²) < 4.78 is 0. The van der Waals surface area contributed by atoms with Crippen molar-refractivity contribution in [2.45, 2.75) is 19.8 Å². The molecule has 1 unspecified atom stereocenters. The third-order valence-electron chi connectivity index (χ3n) is 2.24. The second-order valence-electron chi connectivity index (χ2n) is 3.58. The molecule has 1 atom stereocenters. The molecule has 0 saturated heterocycles. The van der Waals surface area contributed by atoms with Crippen molar-refractivity contribution < 1.29 is 4.79 Å². The van der Waals surface area contributed by atoms with Crippen LogP contribution in [0, 0.1) is 17.2 Å². The van der Waals surface area contributed by atoms with Crippen LogP contribution in [-0.2, 0) is 4.79 Å². The minimum absolute atomic E-state index is 0.349. The average Bonchev–Trinajstić information content (AvgIpc) is 2.30. The van der Waals surface area contributed by atoms with Crippen LogP contribution in [0.3, 0.4) is 0 Å². The summed E-state index contributed by atoms with van der Waals surface area (Å²) >= 11 is 11.7. The van der Waals surface area contributed by atoms with Gasteiger partial charge >= 0.3 is 0 Å². The molecule has 0 aromatic heterocycles. The largest absolute Gasteiger partial charge is 0.324 e. The Balaban J connectivity index is 2.80. The van der Waals surface area contributed by atoms with Crippen molar-refractivity contribution >= 4 is 34.8 Å². The Kier molecular flexibility index (Phi) is 5.27. The fourth-order valence-corrected chi connectivity index (χ4v) is 1.69. The highest BCUT2D eigenvalue weighted by atomic mass is 35.5. The molecule has 0 spiro atoms. The van der Waals surface area contributed by atoms with Gasteiger partial charge in [-0.1, -0.05) is 36.5 Å². The smallest absolute Gasteiger partial charge is 0.241 e. The zero-order chi connectivity index (χ0) is 12.8. The number of rotatable bonds is 4. The lowest BCUT2D eigenvalue weighted by Crippen LogP contribution is -2.21. The monoisotopic (exact) mass is 270 g/mol. The maximum atomic E-state index is 11.8. The number of nitrogens with one attached hydrogen (secondary N) is 1. The summed E-state index contributed by atoms with van der Waals surface area (Å²) in [5.41, 5.74) is 0.431. The molecule has 1 aromatic rings. The number of anilines is 1. The number of carbonyl (C=O) groups excluding carboxylic acids is 1. The average molecular weight is 271 g/mol. The molecule has 3 nitrogen and oxygen atoms in total. The molecule has 17 heavy (non-hydrogen) atoms.